The second-order valence-electron chi connectivity index (χ2n) is 11.8. The van der Waals surface area contributed by atoms with Gasteiger partial charge in [0.05, 0.1) is 23.1 Å². The molecule has 0 bridgehead atoms. The summed E-state index contributed by atoms with van der Waals surface area (Å²) in [7, 11) is -3.18. The zero-order valence-electron chi connectivity index (χ0n) is 24.9. The number of hydrogen-bond donors (Lipinski definition) is 2. The number of ether oxygens (including phenoxy) is 1. The second kappa shape index (κ2) is 12.4. The van der Waals surface area contributed by atoms with Gasteiger partial charge in [-0.15, -0.1) is 0 Å². The Balaban J connectivity index is 1.70. The van der Waals surface area contributed by atoms with Crippen LogP contribution in [-0.2, 0) is 10.0 Å². The molecule has 11 heteroatoms. The molecule has 0 amide bonds. The van der Waals surface area contributed by atoms with Crippen LogP contribution in [0.15, 0.2) is 23.8 Å². The molecule has 4 rings (SSSR count). The average Bonchev–Trinajstić information content (AvgIpc) is 2.87. The van der Waals surface area contributed by atoms with Crippen molar-refractivity contribution in [2.24, 2.45) is 5.41 Å². The van der Waals surface area contributed by atoms with Crippen LogP contribution in [0.5, 0.6) is 5.75 Å². The Morgan fingerprint density at radius 2 is 1.85 bits per heavy atom. The molecule has 1 atom stereocenters. The number of rotatable bonds is 10. The predicted molar refractivity (Wildman–Crippen MR) is 166 cm³/mol. The van der Waals surface area contributed by atoms with Crippen molar-refractivity contribution in [2.75, 3.05) is 43.9 Å². The molecule has 2 saturated heterocycles. The standard InChI is InChI=1S/C30H42ClN5O4S/c1-7-8-22(37)16-40-23-9-10-25(31)24(15-23)28-33-27(26(19(2)3)21(5)32)20(4)29(34-28)35-17-30(18-35)11-13-36(14-12-30)41(6,38)39/h9-10,15,22,32,37H,7-8,11-14,16-18H2,1-6H3/t22-/m1/s1. The van der Waals surface area contributed by atoms with Gasteiger partial charge in [-0.2, -0.15) is 0 Å². The number of hydrogen-bond acceptors (Lipinski definition) is 8. The summed E-state index contributed by atoms with van der Waals surface area (Å²) in [5.74, 6) is 1.80. The number of nitrogens with one attached hydrogen (secondary N) is 1. The third kappa shape index (κ3) is 6.93. The predicted octanol–water partition coefficient (Wildman–Crippen LogP) is 5.34. The van der Waals surface area contributed by atoms with Crippen molar-refractivity contribution in [3.8, 4) is 17.1 Å². The molecule has 0 saturated carbocycles. The number of piperidine rings is 1. The van der Waals surface area contributed by atoms with Crippen molar-refractivity contribution in [1.82, 2.24) is 14.3 Å². The van der Waals surface area contributed by atoms with Gasteiger partial charge in [0, 0.05) is 54.0 Å². The molecule has 0 aliphatic carbocycles. The van der Waals surface area contributed by atoms with Crippen LogP contribution in [0.25, 0.3) is 17.0 Å². The number of benzene rings is 1. The number of halogens is 1. The van der Waals surface area contributed by atoms with Crippen molar-refractivity contribution in [2.45, 2.75) is 66.4 Å². The van der Waals surface area contributed by atoms with E-state index >= 15 is 0 Å². The molecule has 1 spiro atoms. The van der Waals surface area contributed by atoms with Crippen molar-refractivity contribution in [3.05, 3.63) is 40.1 Å². The van der Waals surface area contributed by atoms with E-state index in [-0.39, 0.29) is 12.0 Å². The Morgan fingerprint density at radius 1 is 1.20 bits per heavy atom. The van der Waals surface area contributed by atoms with E-state index in [0.717, 1.165) is 54.9 Å². The Bertz CT molecular complexity index is 1440. The number of anilines is 1. The maximum atomic E-state index is 12.0. The van der Waals surface area contributed by atoms with Crippen LogP contribution < -0.4 is 9.64 Å². The Kier molecular flexibility index (Phi) is 9.48. The highest BCUT2D eigenvalue weighted by Gasteiger charge is 2.47. The molecule has 0 unspecified atom stereocenters. The van der Waals surface area contributed by atoms with Crippen molar-refractivity contribution >= 4 is 38.7 Å². The fourth-order valence-corrected chi connectivity index (χ4v) is 6.91. The average molecular weight is 604 g/mol. The lowest BCUT2D eigenvalue weighted by Crippen LogP contribution is -2.61. The maximum Gasteiger partial charge on any atom is 0.211 e. The summed E-state index contributed by atoms with van der Waals surface area (Å²) in [6, 6.07) is 5.32. The van der Waals surface area contributed by atoms with Crippen molar-refractivity contribution in [3.63, 3.8) is 0 Å². The minimum Gasteiger partial charge on any atom is -0.491 e. The van der Waals surface area contributed by atoms with Crippen LogP contribution in [0.3, 0.4) is 0 Å². The van der Waals surface area contributed by atoms with Gasteiger partial charge in [-0.3, -0.25) is 0 Å². The Hall–Kier alpha value is -2.53. The number of nitrogens with zero attached hydrogens (tertiary/aromatic N) is 4. The van der Waals surface area contributed by atoms with Gasteiger partial charge < -0.3 is 20.2 Å². The maximum absolute atomic E-state index is 12.0. The second-order valence-corrected chi connectivity index (χ2v) is 14.1. The molecule has 1 aromatic carbocycles. The van der Waals surface area contributed by atoms with E-state index in [1.54, 1.807) is 29.4 Å². The fraction of sp³-hybridized carbons (Fsp3) is 0.567. The topological polar surface area (TPSA) is 120 Å². The van der Waals surface area contributed by atoms with Gasteiger partial charge in [0.15, 0.2) is 5.82 Å². The monoisotopic (exact) mass is 603 g/mol. The van der Waals surface area contributed by atoms with Gasteiger partial charge in [0.25, 0.3) is 0 Å². The zero-order valence-corrected chi connectivity index (χ0v) is 26.5. The molecule has 3 heterocycles. The van der Waals surface area contributed by atoms with Crippen LogP contribution in [0.4, 0.5) is 5.82 Å². The Morgan fingerprint density at radius 3 is 2.41 bits per heavy atom. The van der Waals surface area contributed by atoms with Gasteiger partial charge in [0.1, 0.15) is 18.2 Å². The van der Waals surface area contributed by atoms with Crippen LogP contribution in [0.1, 0.15) is 64.6 Å². The molecule has 0 radical (unpaired) electrons. The van der Waals surface area contributed by atoms with E-state index in [9.17, 15) is 13.5 Å². The molecule has 2 aliphatic rings. The third-order valence-electron chi connectivity index (χ3n) is 8.08. The van der Waals surface area contributed by atoms with E-state index in [0.29, 0.717) is 53.1 Å². The van der Waals surface area contributed by atoms with Crippen LogP contribution in [-0.4, -0.2) is 78.7 Å². The summed E-state index contributed by atoms with van der Waals surface area (Å²) in [4.78, 5) is 12.2. The van der Waals surface area contributed by atoms with E-state index in [2.05, 4.69) is 4.90 Å². The van der Waals surface area contributed by atoms with Crippen LogP contribution in [0, 0.1) is 17.7 Å². The summed E-state index contributed by atoms with van der Waals surface area (Å²) in [5.41, 5.74) is 4.44. The highest BCUT2D eigenvalue weighted by Crippen LogP contribution is 2.44. The molecule has 2 fully saturated rings. The Labute approximate surface area is 249 Å². The number of sulfonamides is 1. The molecule has 1 aromatic heterocycles. The van der Waals surface area contributed by atoms with Gasteiger partial charge in [0.2, 0.25) is 10.0 Å². The number of allylic oxidation sites excluding steroid dienone is 2. The summed E-state index contributed by atoms with van der Waals surface area (Å²) in [5, 5.41) is 19.1. The molecule has 9 nitrogen and oxygen atoms in total. The molecule has 2 aliphatic heterocycles. The quantitative estimate of drug-likeness (QED) is 0.352. The molecule has 2 N–H and O–H groups in total. The minimum atomic E-state index is -3.18. The first-order chi connectivity index (χ1) is 19.2. The summed E-state index contributed by atoms with van der Waals surface area (Å²) in [6.45, 7) is 12.5. The first-order valence-electron chi connectivity index (χ1n) is 14.2. The fourth-order valence-electron chi connectivity index (χ4n) is 5.86. The van der Waals surface area contributed by atoms with Gasteiger partial charge in [-0.05, 0) is 65.2 Å². The highest BCUT2D eigenvalue weighted by molar-refractivity contribution is 7.88. The summed E-state index contributed by atoms with van der Waals surface area (Å²) < 4.78 is 31.5. The molecule has 2 aromatic rings. The van der Waals surface area contributed by atoms with Gasteiger partial charge in [-0.25, -0.2) is 22.7 Å². The first-order valence-corrected chi connectivity index (χ1v) is 16.4. The lowest BCUT2D eigenvalue weighted by atomic mass is 9.72. The minimum absolute atomic E-state index is 0.0560. The van der Waals surface area contributed by atoms with Gasteiger partial charge >= 0.3 is 0 Å². The molecular weight excluding hydrogens is 562 g/mol. The van der Waals surface area contributed by atoms with Crippen LogP contribution in [0.2, 0.25) is 5.02 Å². The van der Waals surface area contributed by atoms with E-state index in [1.165, 1.54) is 6.26 Å². The summed E-state index contributed by atoms with van der Waals surface area (Å²) in [6.07, 6.45) is 3.88. The van der Waals surface area contributed by atoms with E-state index in [1.807, 2.05) is 27.7 Å². The summed E-state index contributed by atoms with van der Waals surface area (Å²) >= 11 is 6.68. The van der Waals surface area contributed by atoms with E-state index < -0.39 is 16.1 Å². The smallest absolute Gasteiger partial charge is 0.211 e. The SMILES string of the molecule is CCC[C@@H](O)COc1ccc(Cl)c(-c2nc(C(C(C)=N)=C(C)C)c(C)c(N3CC4(CCN(S(C)(=O)=O)CC4)C3)n2)c1. The lowest BCUT2D eigenvalue weighted by Gasteiger charge is -2.54. The van der Waals surface area contributed by atoms with Crippen molar-refractivity contribution < 1.29 is 18.3 Å². The number of aromatic nitrogens is 2. The molecular formula is C30H42ClN5O4S. The first kappa shape index (κ1) is 31.4. The number of aliphatic hydroxyl groups excluding tert-OH is 1. The zero-order chi connectivity index (χ0) is 30.1. The van der Waals surface area contributed by atoms with Crippen LogP contribution >= 0.6 is 11.6 Å². The molecule has 41 heavy (non-hydrogen) atoms. The normalized spacial score (nSPS) is 17.7. The highest BCUT2D eigenvalue weighted by atomic mass is 35.5. The molecule has 224 valence electrons. The largest absolute Gasteiger partial charge is 0.491 e. The van der Waals surface area contributed by atoms with Crippen molar-refractivity contribution in [1.29, 1.82) is 5.41 Å². The van der Waals surface area contributed by atoms with Gasteiger partial charge in [-0.1, -0.05) is 30.5 Å². The van der Waals surface area contributed by atoms with E-state index in [4.69, 9.17) is 31.7 Å². The number of aliphatic hydroxyl groups is 1. The lowest BCUT2D eigenvalue weighted by molar-refractivity contribution is 0.0994. The third-order valence-corrected chi connectivity index (χ3v) is 9.71.